The van der Waals surface area contributed by atoms with Crippen LogP contribution >= 0.6 is 39.7 Å². The largest absolute Gasteiger partial charge is 0.492 e. The van der Waals surface area contributed by atoms with Crippen LogP contribution in [0.1, 0.15) is 17.4 Å². The molecule has 2 rings (SSSR count). The second kappa shape index (κ2) is 9.30. The molecule has 21 heavy (non-hydrogen) atoms. The van der Waals surface area contributed by atoms with E-state index in [0.29, 0.717) is 6.61 Å². The van der Waals surface area contributed by atoms with Gasteiger partial charge in [-0.3, -0.25) is 0 Å². The predicted octanol–water partition coefficient (Wildman–Crippen LogP) is 4.63. The van der Waals surface area contributed by atoms with Crippen LogP contribution in [0.5, 0.6) is 11.5 Å². The van der Waals surface area contributed by atoms with Gasteiger partial charge in [0.25, 0.3) is 0 Å². The monoisotopic (exact) mass is 391 g/mol. The second-order valence-electron chi connectivity index (χ2n) is 4.22. The van der Waals surface area contributed by atoms with Gasteiger partial charge in [-0.1, -0.05) is 6.07 Å². The first kappa shape index (κ1) is 18.3. The zero-order valence-electron chi connectivity index (χ0n) is 12.0. The first-order valence-electron chi connectivity index (χ1n) is 6.47. The summed E-state index contributed by atoms with van der Waals surface area (Å²) in [6, 6.07) is 8.28. The van der Waals surface area contributed by atoms with Crippen molar-refractivity contribution in [1.82, 2.24) is 5.32 Å². The molecule has 1 aromatic carbocycles. The minimum absolute atomic E-state index is 0. The Balaban J connectivity index is 0.00000220. The highest BCUT2D eigenvalue weighted by Crippen LogP contribution is 2.36. The summed E-state index contributed by atoms with van der Waals surface area (Å²) in [7, 11) is 1.65. The fraction of sp³-hybridized carbons (Fsp3) is 0.333. The third kappa shape index (κ3) is 5.18. The van der Waals surface area contributed by atoms with Crippen LogP contribution in [0.4, 0.5) is 0 Å². The van der Waals surface area contributed by atoms with E-state index in [1.165, 1.54) is 4.88 Å². The van der Waals surface area contributed by atoms with Crippen LogP contribution in [0, 0.1) is 0 Å². The molecule has 1 heterocycles. The molecule has 2 aromatic rings. The van der Waals surface area contributed by atoms with Crippen LogP contribution in [-0.4, -0.2) is 13.7 Å². The van der Waals surface area contributed by atoms with Crippen molar-refractivity contribution in [3.05, 3.63) is 44.6 Å². The number of methoxy groups -OCH3 is 1. The fourth-order valence-electron chi connectivity index (χ4n) is 1.93. The van der Waals surface area contributed by atoms with E-state index in [0.717, 1.165) is 34.6 Å². The van der Waals surface area contributed by atoms with Gasteiger partial charge in [0.2, 0.25) is 0 Å². The van der Waals surface area contributed by atoms with Crippen molar-refractivity contribution in [2.45, 2.75) is 20.0 Å². The number of ether oxygens (including phenoxy) is 2. The van der Waals surface area contributed by atoms with E-state index in [1.807, 2.05) is 13.0 Å². The van der Waals surface area contributed by atoms with Gasteiger partial charge in [0.1, 0.15) is 0 Å². The molecule has 0 unspecified atom stereocenters. The van der Waals surface area contributed by atoms with E-state index in [9.17, 15) is 0 Å². The summed E-state index contributed by atoms with van der Waals surface area (Å²) in [5, 5.41) is 5.52. The van der Waals surface area contributed by atoms with Crippen LogP contribution < -0.4 is 14.8 Å². The summed E-state index contributed by atoms with van der Waals surface area (Å²) in [6.45, 7) is 4.26. The number of rotatable bonds is 7. The molecule has 0 aliphatic heterocycles. The maximum Gasteiger partial charge on any atom is 0.174 e. The Morgan fingerprint density at radius 3 is 2.71 bits per heavy atom. The van der Waals surface area contributed by atoms with Crippen LogP contribution in [-0.2, 0) is 13.1 Å². The lowest BCUT2D eigenvalue weighted by atomic mass is 10.2. The molecule has 0 bridgehead atoms. The molecule has 0 spiro atoms. The van der Waals surface area contributed by atoms with Gasteiger partial charge in [-0.15, -0.1) is 23.7 Å². The molecule has 0 fully saturated rings. The molecule has 0 saturated carbocycles. The van der Waals surface area contributed by atoms with Crippen molar-refractivity contribution in [3.8, 4) is 11.5 Å². The maximum atomic E-state index is 5.62. The minimum Gasteiger partial charge on any atom is -0.492 e. The van der Waals surface area contributed by atoms with Gasteiger partial charge in [0.15, 0.2) is 11.5 Å². The predicted molar refractivity (Wildman–Crippen MR) is 94.0 cm³/mol. The quantitative estimate of drug-likeness (QED) is 0.745. The fourth-order valence-corrected chi connectivity index (χ4v) is 3.25. The molecule has 6 heteroatoms. The van der Waals surface area contributed by atoms with Crippen molar-refractivity contribution in [3.63, 3.8) is 0 Å². The topological polar surface area (TPSA) is 30.5 Å². The Hall–Kier alpha value is -0.750. The SMILES string of the molecule is CCOc1cc(CNCc2cccs2)cc(Br)c1OC.Cl. The van der Waals surface area contributed by atoms with Crippen molar-refractivity contribution >= 4 is 39.7 Å². The zero-order chi connectivity index (χ0) is 14.4. The summed E-state index contributed by atoms with van der Waals surface area (Å²) >= 11 is 5.29. The second-order valence-corrected chi connectivity index (χ2v) is 6.11. The molecule has 1 N–H and O–H groups in total. The molecule has 0 amide bonds. The van der Waals surface area contributed by atoms with E-state index < -0.39 is 0 Å². The van der Waals surface area contributed by atoms with Crippen LogP contribution in [0.2, 0.25) is 0 Å². The van der Waals surface area contributed by atoms with E-state index in [-0.39, 0.29) is 12.4 Å². The van der Waals surface area contributed by atoms with E-state index in [1.54, 1.807) is 18.4 Å². The molecule has 0 aliphatic carbocycles. The van der Waals surface area contributed by atoms with Crippen molar-refractivity contribution in [1.29, 1.82) is 0 Å². The first-order chi connectivity index (χ1) is 9.74. The molecular weight excluding hydrogens is 374 g/mol. The van der Waals surface area contributed by atoms with Crippen molar-refractivity contribution in [2.24, 2.45) is 0 Å². The third-order valence-electron chi connectivity index (χ3n) is 2.78. The van der Waals surface area contributed by atoms with Crippen LogP contribution in [0.15, 0.2) is 34.1 Å². The standard InChI is InChI=1S/C15H18BrNO2S.ClH/c1-3-19-14-8-11(7-13(16)15(14)18-2)9-17-10-12-5-4-6-20-12;/h4-8,17H,3,9-10H2,1-2H3;1H. The lowest BCUT2D eigenvalue weighted by Crippen LogP contribution is -2.12. The lowest BCUT2D eigenvalue weighted by molar-refractivity contribution is 0.309. The summed E-state index contributed by atoms with van der Waals surface area (Å²) < 4.78 is 11.9. The van der Waals surface area contributed by atoms with Gasteiger partial charge in [0, 0.05) is 18.0 Å². The summed E-state index contributed by atoms with van der Waals surface area (Å²) in [6.07, 6.45) is 0. The highest BCUT2D eigenvalue weighted by atomic mass is 79.9. The average molecular weight is 393 g/mol. The highest BCUT2D eigenvalue weighted by Gasteiger charge is 2.10. The molecule has 0 atom stereocenters. The Labute approximate surface area is 144 Å². The molecular formula is C15H19BrClNO2S. The minimum atomic E-state index is 0. The number of hydrogen-bond donors (Lipinski definition) is 1. The normalized spacial score (nSPS) is 10.0. The van der Waals surface area contributed by atoms with Crippen molar-refractivity contribution in [2.75, 3.05) is 13.7 Å². The lowest BCUT2D eigenvalue weighted by Gasteiger charge is -2.13. The highest BCUT2D eigenvalue weighted by molar-refractivity contribution is 9.10. The molecule has 3 nitrogen and oxygen atoms in total. The number of halogens is 2. The van der Waals surface area contributed by atoms with Gasteiger partial charge in [-0.2, -0.15) is 0 Å². The molecule has 0 aliphatic rings. The summed E-state index contributed by atoms with van der Waals surface area (Å²) in [5.74, 6) is 1.52. The van der Waals surface area contributed by atoms with E-state index in [4.69, 9.17) is 9.47 Å². The number of thiophene rings is 1. The van der Waals surface area contributed by atoms with Crippen LogP contribution in [0.25, 0.3) is 0 Å². The number of benzene rings is 1. The molecule has 116 valence electrons. The van der Waals surface area contributed by atoms with Gasteiger partial charge in [0.05, 0.1) is 18.2 Å². The molecule has 1 aromatic heterocycles. The van der Waals surface area contributed by atoms with E-state index >= 15 is 0 Å². The smallest absolute Gasteiger partial charge is 0.174 e. The Kier molecular flexibility index (Phi) is 8.11. The average Bonchev–Trinajstić information content (AvgIpc) is 2.92. The molecule has 0 radical (unpaired) electrons. The summed E-state index contributed by atoms with van der Waals surface area (Å²) in [5.41, 5.74) is 1.16. The zero-order valence-corrected chi connectivity index (χ0v) is 15.2. The molecule has 0 saturated heterocycles. The Morgan fingerprint density at radius 1 is 1.29 bits per heavy atom. The van der Waals surface area contributed by atoms with Gasteiger partial charge in [-0.25, -0.2) is 0 Å². The Bertz CT molecular complexity index is 549. The maximum absolute atomic E-state index is 5.62. The number of nitrogens with one attached hydrogen (secondary N) is 1. The van der Waals surface area contributed by atoms with Crippen molar-refractivity contribution < 1.29 is 9.47 Å². The van der Waals surface area contributed by atoms with Gasteiger partial charge >= 0.3 is 0 Å². The van der Waals surface area contributed by atoms with Crippen LogP contribution in [0.3, 0.4) is 0 Å². The van der Waals surface area contributed by atoms with E-state index in [2.05, 4.69) is 44.8 Å². The van der Waals surface area contributed by atoms with Gasteiger partial charge in [-0.05, 0) is 52.0 Å². The number of hydrogen-bond acceptors (Lipinski definition) is 4. The Morgan fingerprint density at radius 2 is 2.10 bits per heavy atom. The summed E-state index contributed by atoms with van der Waals surface area (Å²) in [4.78, 5) is 1.34. The van der Waals surface area contributed by atoms with Gasteiger partial charge < -0.3 is 14.8 Å². The first-order valence-corrected chi connectivity index (χ1v) is 8.14. The third-order valence-corrected chi connectivity index (χ3v) is 4.25.